The van der Waals surface area contributed by atoms with Crippen molar-refractivity contribution < 1.29 is 14.4 Å². The second-order valence-electron chi connectivity index (χ2n) is 9.43. The van der Waals surface area contributed by atoms with Crippen LogP contribution in [0.15, 0.2) is 29.3 Å². The van der Waals surface area contributed by atoms with E-state index in [1.807, 2.05) is 33.9 Å². The van der Waals surface area contributed by atoms with Crippen LogP contribution in [0.4, 0.5) is 0 Å². The van der Waals surface area contributed by atoms with Gasteiger partial charge in [-0.2, -0.15) is 0 Å². The number of amides is 3. The highest BCUT2D eigenvalue weighted by Gasteiger charge is 2.44. The molecule has 0 aromatic heterocycles. The van der Waals surface area contributed by atoms with Gasteiger partial charge < -0.3 is 26.6 Å². The van der Waals surface area contributed by atoms with Crippen molar-refractivity contribution in [3.05, 3.63) is 35.4 Å². The molecule has 3 amide bonds. The zero-order valence-corrected chi connectivity index (χ0v) is 18.6. The van der Waals surface area contributed by atoms with Crippen LogP contribution in [0.2, 0.25) is 0 Å². The van der Waals surface area contributed by atoms with Crippen LogP contribution < -0.4 is 16.8 Å². The molecular formula is C22H32N6O3. The van der Waals surface area contributed by atoms with Crippen molar-refractivity contribution in [3.63, 3.8) is 0 Å². The summed E-state index contributed by atoms with van der Waals surface area (Å²) in [7, 11) is 2.02. The van der Waals surface area contributed by atoms with E-state index in [0.717, 1.165) is 25.1 Å². The minimum Gasteiger partial charge on any atom is -0.368 e. The first-order valence-corrected chi connectivity index (χ1v) is 10.5. The van der Waals surface area contributed by atoms with Gasteiger partial charge in [0.1, 0.15) is 11.9 Å². The third-order valence-electron chi connectivity index (χ3n) is 5.85. The van der Waals surface area contributed by atoms with Crippen LogP contribution in [-0.2, 0) is 9.59 Å². The third-order valence-corrected chi connectivity index (χ3v) is 5.85. The quantitative estimate of drug-likeness (QED) is 0.604. The molecule has 9 heteroatoms. The van der Waals surface area contributed by atoms with E-state index >= 15 is 0 Å². The van der Waals surface area contributed by atoms with Crippen molar-refractivity contribution in [1.29, 1.82) is 0 Å². The number of nitrogens with zero attached hydrogens (tertiary/aromatic N) is 3. The highest BCUT2D eigenvalue weighted by Crippen LogP contribution is 2.27. The monoisotopic (exact) mass is 428 g/mol. The van der Waals surface area contributed by atoms with Crippen molar-refractivity contribution in [3.8, 4) is 0 Å². The Balaban J connectivity index is 1.97. The maximum absolute atomic E-state index is 13.3. The van der Waals surface area contributed by atoms with Gasteiger partial charge in [0.25, 0.3) is 0 Å². The number of hydrogen-bond donors (Lipinski definition) is 3. The number of hydrogen-bond acceptors (Lipinski definition) is 6. The summed E-state index contributed by atoms with van der Waals surface area (Å²) in [6.07, 6.45) is 0.918. The molecule has 5 N–H and O–H groups in total. The molecule has 2 aliphatic rings. The van der Waals surface area contributed by atoms with Gasteiger partial charge in [-0.3, -0.25) is 19.4 Å². The van der Waals surface area contributed by atoms with Crippen molar-refractivity contribution >= 4 is 23.6 Å². The molecule has 0 saturated carbocycles. The molecule has 0 radical (unpaired) electrons. The summed E-state index contributed by atoms with van der Waals surface area (Å²) in [5, 5.41) is 2.83. The average Bonchev–Trinajstić information content (AvgIpc) is 2.91. The Bertz CT molecular complexity index is 907. The Labute approximate surface area is 182 Å². The Morgan fingerprint density at radius 1 is 1.19 bits per heavy atom. The van der Waals surface area contributed by atoms with Crippen LogP contribution in [-0.4, -0.2) is 78.2 Å². The largest absolute Gasteiger partial charge is 0.368 e. The maximum Gasteiger partial charge on any atom is 0.248 e. The number of aliphatic imine (C=N–C) groups is 1. The maximum atomic E-state index is 13.3. The van der Waals surface area contributed by atoms with Crippen molar-refractivity contribution in [2.24, 2.45) is 21.9 Å². The van der Waals surface area contributed by atoms with Gasteiger partial charge in [0.2, 0.25) is 17.7 Å². The lowest BCUT2D eigenvalue weighted by Crippen LogP contribution is -2.57. The van der Waals surface area contributed by atoms with Crippen molar-refractivity contribution in [2.75, 3.05) is 26.7 Å². The number of benzene rings is 1. The van der Waals surface area contributed by atoms with Gasteiger partial charge in [-0.1, -0.05) is 32.9 Å². The second kappa shape index (κ2) is 8.66. The number of likely N-dealkylation sites (N-methyl/N-ethyl adjacent to an activating group) is 1. The van der Waals surface area contributed by atoms with Gasteiger partial charge in [0, 0.05) is 24.2 Å². The number of nitrogens with two attached hydrogens (primary N) is 2. The Morgan fingerprint density at radius 3 is 2.52 bits per heavy atom. The third kappa shape index (κ3) is 4.87. The lowest BCUT2D eigenvalue weighted by Gasteiger charge is -2.32. The smallest absolute Gasteiger partial charge is 0.248 e. The number of nitrogens with one attached hydrogen (secondary N) is 1. The van der Waals surface area contributed by atoms with E-state index in [4.69, 9.17) is 16.5 Å². The van der Waals surface area contributed by atoms with Crippen LogP contribution >= 0.6 is 0 Å². The van der Waals surface area contributed by atoms with E-state index in [-0.39, 0.29) is 11.9 Å². The topological polar surface area (TPSA) is 134 Å². The first-order valence-electron chi connectivity index (χ1n) is 10.5. The summed E-state index contributed by atoms with van der Waals surface area (Å²) in [5.74, 6) is -0.761. The minimum atomic E-state index is -0.811. The van der Waals surface area contributed by atoms with E-state index in [0.29, 0.717) is 17.9 Å². The number of amidine groups is 1. The van der Waals surface area contributed by atoms with Gasteiger partial charge in [-0.25, -0.2) is 0 Å². The fourth-order valence-corrected chi connectivity index (χ4v) is 4.24. The normalized spacial score (nSPS) is 22.8. The molecule has 168 valence electrons. The molecule has 3 rings (SSSR count). The average molecular weight is 429 g/mol. The van der Waals surface area contributed by atoms with Crippen LogP contribution in [0.5, 0.6) is 0 Å². The number of carbonyl (C=O) groups excluding carboxylic acids is 3. The highest BCUT2D eigenvalue weighted by molar-refractivity contribution is 6.05. The Hall–Kier alpha value is -2.94. The molecule has 2 unspecified atom stereocenters. The second-order valence-corrected chi connectivity index (χ2v) is 9.43. The number of primary amides is 2. The van der Waals surface area contributed by atoms with Crippen molar-refractivity contribution in [1.82, 2.24) is 15.1 Å². The van der Waals surface area contributed by atoms with E-state index in [1.165, 1.54) is 0 Å². The molecule has 1 aromatic rings. The minimum absolute atomic E-state index is 0.187. The van der Waals surface area contributed by atoms with Gasteiger partial charge in [0.05, 0.1) is 6.04 Å². The molecule has 2 aliphatic heterocycles. The Kier molecular flexibility index (Phi) is 6.35. The fraction of sp³-hybridized carbons (Fsp3) is 0.545. The predicted octanol–water partition coefficient (Wildman–Crippen LogP) is -0.0634. The first kappa shape index (κ1) is 22.7. The van der Waals surface area contributed by atoms with E-state index in [2.05, 4.69) is 15.1 Å². The summed E-state index contributed by atoms with van der Waals surface area (Å²) in [6, 6.07) is 5.28. The SMILES string of the molecule is CN1CCCN2C(c3cccc(C(N)=O)c3)=NC(C(=O)N[C@H](C(N)=O)C(C)(C)C)C2C1. The number of carbonyl (C=O) groups is 3. The van der Waals surface area contributed by atoms with Gasteiger partial charge in [0.15, 0.2) is 6.04 Å². The summed E-state index contributed by atoms with van der Waals surface area (Å²) in [6.45, 7) is 7.85. The molecule has 1 saturated heterocycles. The zero-order chi connectivity index (χ0) is 22.9. The fourth-order valence-electron chi connectivity index (χ4n) is 4.24. The molecule has 1 fully saturated rings. The molecule has 1 aromatic carbocycles. The highest BCUT2D eigenvalue weighted by atomic mass is 16.2. The van der Waals surface area contributed by atoms with Crippen LogP contribution in [0.25, 0.3) is 0 Å². The summed E-state index contributed by atoms with van der Waals surface area (Å²) in [5.41, 5.74) is 11.6. The first-order chi connectivity index (χ1) is 14.5. The van der Waals surface area contributed by atoms with Gasteiger partial charge in [-0.05, 0) is 37.6 Å². The molecule has 9 nitrogen and oxygen atoms in total. The van der Waals surface area contributed by atoms with Crippen LogP contribution in [0.3, 0.4) is 0 Å². The molecule has 2 heterocycles. The van der Waals surface area contributed by atoms with Crippen LogP contribution in [0.1, 0.15) is 43.1 Å². The van der Waals surface area contributed by atoms with Gasteiger partial charge >= 0.3 is 0 Å². The summed E-state index contributed by atoms with van der Waals surface area (Å²) in [4.78, 5) is 46.0. The molecule has 31 heavy (non-hydrogen) atoms. The number of rotatable bonds is 5. The van der Waals surface area contributed by atoms with Gasteiger partial charge in [-0.15, -0.1) is 0 Å². The predicted molar refractivity (Wildman–Crippen MR) is 118 cm³/mol. The van der Waals surface area contributed by atoms with Crippen molar-refractivity contribution in [2.45, 2.75) is 45.3 Å². The van der Waals surface area contributed by atoms with E-state index in [9.17, 15) is 14.4 Å². The standard InChI is InChI=1S/C22H32N6O3/c1-22(2,3)17(19(24)30)26-21(31)16-15-12-27(4)9-6-10-28(15)20(25-16)14-8-5-7-13(11-14)18(23)29/h5,7-8,11,15-17H,6,9-10,12H2,1-4H3,(H2,23,29)(H2,24,30)(H,26,31)/t15?,16?,17-/m1/s1. The molecule has 0 spiro atoms. The van der Waals surface area contributed by atoms with E-state index < -0.39 is 29.3 Å². The van der Waals surface area contributed by atoms with E-state index in [1.54, 1.807) is 18.2 Å². The molecule has 0 aliphatic carbocycles. The summed E-state index contributed by atoms with van der Waals surface area (Å²) >= 11 is 0. The zero-order valence-electron chi connectivity index (χ0n) is 18.6. The number of fused-ring (bicyclic) bond motifs is 1. The lowest BCUT2D eigenvalue weighted by molar-refractivity contribution is -0.130. The molecular weight excluding hydrogens is 396 g/mol. The Morgan fingerprint density at radius 2 is 1.90 bits per heavy atom. The van der Waals surface area contributed by atoms with Crippen LogP contribution in [0, 0.1) is 5.41 Å². The molecule has 0 bridgehead atoms. The molecule has 3 atom stereocenters. The summed E-state index contributed by atoms with van der Waals surface area (Å²) < 4.78 is 0. The lowest BCUT2D eigenvalue weighted by atomic mass is 9.86.